The van der Waals surface area contributed by atoms with Gasteiger partial charge in [0.25, 0.3) is 0 Å². The summed E-state index contributed by atoms with van der Waals surface area (Å²) in [5.74, 6) is 1.51. The second-order valence-electron chi connectivity index (χ2n) is 4.76. The number of nitrogens with zero attached hydrogens (tertiary/aromatic N) is 1. The van der Waals surface area contributed by atoms with Crippen molar-refractivity contribution in [2.45, 2.75) is 19.3 Å². The quantitative estimate of drug-likeness (QED) is 0.818. The molecule has 0 saturated carbocycles. The van der Waals surface area contributed by atoms with E-state index in [2.05, 4.69) is 20.9 Å². The highest BCUT2D eigenvalue weighted by Gasteiger charge is 2.24. The standard InChI is InChI=1S/C15H14BrNO3S/c1-19-12-6-8(9(16)7-13(12)20-2)15-17-10-4-3-5-11(18)14(10)21-15/h6-7H,3-5H2,1-2H3. The molecule has 110 valence electrons. The Morgan fingerprint density at radius 3 is 2.57 bits per heavy atom. The van der Waals surface area contributed by atoms with Crippen LogP contribution in [0.1, 0.15) is 28.2 Å². The molecule has 1 aliphatic carbocycles. The van der Waals surface area contributed by atoms with Crippen LogP contribution in [-0.2, 0) is 6.42 Å². The van der Waals surface area contributed by atoms with Crippen molar-refractivity contribution in [3.63, 3.8) is 0 Å². The largest absolute Gasteiger partial charge is 0.493 e. The minimum atomic E-state index is 0.205. The van der Waals surface area contributed by atoms with Gasteiger partial charge in [0.15, 0.2) is 17.3 Å². The Labute approximate surface area is 135 Å². The number of methoxy groups -OCH3 is 2. The van der Waals surface area contributed by atoms with Gasteiger partial charge in [-0.1, -0.05) is 0 Å². The third-order valence-electron chi connectivity index (χ3n) is 3.47. The molecule has 0 spiro atoms. The molecule has 4 nitrogen and oxygen atoms in total. The second kappa shape index (κ2) is 5.77. The van der Waals surface area contributed by atoms with Gasteiger partial charge in [-0.25, -0.2) is 4.98 Å². The molecule has 1 aromatic carbocycles. The minimum Gasteiger partial charge on any atom is -0.493 e. The number of thiazole rings is 1. The second-order valence-corrected chi connectivity index (χ2v) is 6.61. The minimum absolute atomic E-state index is 0.205. The molecule has 0 amide bonds. The van der Waals surface area contributed by atoms with Crippen LogP contribution < -0.4 is 9.47 Å². The van der Waals surface area contributed by atoms with Crippen LogP contribution in [0.3, 0.4) is 0 Å². The maximum atomic E-state index is 12.0. The number of halogens is 1. The van der Waals surface area contributed by atoms with E-state index >= 15 is 0 Å². The van der Waals surface area contributed by atoms with Crippen molar-refractivity contribution in [2.75, 3.05) is 14.2 Å². The first-order valence-electron chi connectivity index (χ1n) is 6.59. The summed E-state index contributed by atoms with van der Waals surface area (Å²) >= 11 is 5.00. The number of ketones is 1. The fraction of sp³-hybridized carbons (Fsp3) is 0.333. The van der Waals surface area contributed by atoms with Crippen molar-refractivity contribution < 1.29 is 14.3 Å². The summed E-state index contributed by atoms with van der Waals surface area (Å²) in [7, 11) is 3.21. The lowest BCUT2D eigenvalue weighted by Gasteiger charge is -2.10. The van der Waals surface area contributed by atoms with Crippen LogP contribution in [0.2, 0.25) is 0 Å². The maximum absolute atomic E-state index is 12.0. The van der Waals surface area contributed by atoms with Crippen LogP contribution in [0, 0.1) is 0 Å². The third kappa shape index (κ3) is 2.58. The number of benzene rings is 1. The number of ether oxygens (including phenoxy) is 2. The molecule has 0 radical (unpaired) electrons. The summed E-state index contributed by atoms with van der Waals surface area (Å²) in [6, 6.07) is 3.74. The monoisotopic (exact) mass is 367 g/mol. The van der Waals surface area contributed by atoms with Gasteiger partial charge < -0.3 is 9.47 Å². The maximum Gasteiger partial charge on any atom is 0.174 e. The molecule has 2 aromatic rings. The summed E-state index contributed by atoms with van der Waals surface area (Å²) in [6.45, 7) is 0. The Bertz CT molecular complexity index is 711. The fourth-order valence-electron chi connectivity index (χ4n) is 2.40. The molecule has 0 saturated heterocycles. The normalized spacial score (nSPS) is 14.0. The first-order chi connectivity index (χ1) is 10.1. The Morgan fingerprint density at radius 2 is 1.90 bits per heavy atom. The van der Waals surface area contributed by atoms with Crippen molar-refractivity contribution in [3.8, 4) is 22.1 Å². The Kier molecular flexibility index (Phi) is 3.99. The summed E-state index contributed by atoms with van der Waals surface area (Å²) in [6.07, 6.45) is 2.40. The zero-order valence-electron chi connectivity index (χ0n) is 11.7. The van der Waals surface area contributed by atoms with Gasteiger partial charge in [0, 0.05) is 16.5 Å². The molecule has 3 rings (SSSR count). The van der Waals surface area contributed by atoms with Gasteiger partial charge in [0.05, 0.1) is 24.8 Å². The van der Waals surface area contributed by atoms with Crippen molar-refractivity contribution in [1.29, 1.82) is 0 Å². The van der Waals surface area contributed by atoms with Crippen LogP contribution in [0.25, 0.3) is 10.6 Å². The van der Waals surface area contributed by atoms with Gasteiger partial charge in [-0.05, 0) is 40.9 Å². The topological polar surface area (TPSA) is 48.4 Å². The van der Waals surface area contributed by atoms with Crippen LogP contribution in [0.4, 0.5) is 0 Å². The van der Waals surface area contributed by atoms with E-state index in [1.807, 2.05) is 12.1 Å². The SMILES string of the molecule is COc1cc(Br)c(-c2nc3c(s2)C(=O)CCC3)cc1OC. The van der Waals surface area contributed by atoms with Crippen molar-refractivity contribution in [1.82, 2.24) is 4.98 Å². The van der Waals surface area contributed by atoms with Crippen molar-refractivity contribution >= 4 is 33.0 Å². The Morgan fingerprint density at radius 1 is 1.19 bits per heavy atom. The van der Waals surface area contributed by atoms with E-state index in [0.29, 0.717) is 17.9 Å². The molecule has 0 bridgehead atoms. The molecule has 0 fully saturated rings. The summed E-state index contributed by atoms with van der Waals surface area (Å²) in [5.41, 5.74) is 1.84. The van der Waals surface area contributed by atoms with E-state index in [9.17, 15) is 4.79 Å². The van der Waals surface area contributed by atoms with Gasteiger partial charge in [0.2, 0.25) is 0 Å². The first-order valence-corrected chi connectivity index (χ1v) is 8.19. The fourth-order valence-corrected chi connectivity index (χ4v) is 4.15. The molecule has 1 aliphatic rings. The van der Waals surface area contributed by atoms with Crippen molar-refractivity contribution in [3.05, 3.63) is 27.2 Å². The number of carbonyl (C=O) groups is 1. The van der Waals surface area contributed by atoms with Gasteiger partial charge in [-0.15, -0.1) is 11.3 Å². The molecule has 0 aliphatic heterocycles. The van der Waals surface area contributed by atoms with Gasteiger partial charge >= 0.3 is 0 Å². The van der Waals surface area contributed by atoms with Crippen LogP contribution in [0.5, 0.6) is 11.5 Å². The highest BCUT2D eigenvalue weighted by molar-refractivity contribution is 9.10. The smallest absolute Gasteiger partial charge is 0.174 e. The number of aryl methyl sites for hydroxylation is 1. The summed E-state index contributed by atoms with van der Waals surface area (Å²) in [4.78, 5) is 17.4. The lowest BCUT2D eigenvalue weighted by Crippen LogP contribution is -2.07. The zero-order chi connectivity index (χ0) is 15.0. The first kappa shape index (κ1) is 14.5. The molecular formula is C15H14BrNO3S. The summed E-state index contributed by atoms with van der Waals surface area (Å²) in [5, 5.41) is 0.836. The molecule has 0 unspecified atom stereocenters. The summed E-state index contributed by atoms with van der Waals surface area (Å²) < 4.78 is 11.5. The predicted molar refractivity (Wildman–Crippen MR) is 85.6 cm³/mol. The lowest BCUT2D eigenvalue weighted by atomic mass is 10.0. The zero-order valence-corrected chi connectivity index (χ0v) is 14.1. The van der Waals surface area contributed by atoms with E-state index in [0.717, 1.165) is 38.5 Å². The number of aromatic nitrogens is 1. The highest BCUT2D eigenvalue weighted by Crippen LogP contribution is 2.41. The number of hydrogen-bond acceptors (Lipinski definition) is 5. The molecule has 21 heavy (non-hydrogen) atoms. The molecule has 1 heterocycles. The van der Waals surface area contributed by atoms with Gasteiger partial charge in [0.1, 0.15) is 5.01 Å². The molecular weight excluding hydrogens is 354 g/mol. The molecule has 0 N–H and O–H groups in total. The average molecular weight is 368 g/mol. The van der Waals surface area contributed by atoms with Crippen LogP contribution in [0.15, 0.2) is 16.6 Å². The van der Waals surface area contributed by atoms with E-state index in [-0.39, 0.29) is 5.78 Å². The third-order valence-corrected chi connectivity index (χ3v) is 5.30. The number of hydrogen-bond donors (Lipinski definition) is 0. The predicted octanol–water partition coefficient (Wildman–Crippen LogP) is 4.11. The number of Topliss-reactive ketones (excluding diaryl/α,β-unsaturated/α-hetero) is 1. The van der Waals surface area contributed by atoms with Gasteiger partial charge in [-0.2, -0.15) is 0 Å². The van der Waals surface area contributed by atoms with Crippen molar-refractivity contribution in [2.24, 2.45) is 0 Å². The van der Waals surface area contributed by atoms with E-state index in [1.54, 1.807) is 14.2 Å². The highest BCUT2D eigenvalue weighted by atomic mass is 79.9. The van der Waals surface area contributed by atoms with E-state index < -0.39 is 0 Å². The van der Waals surface area contributed by atoms with Gasteiger partial charge in [-0.3, -0.25) is 4.79 Å². The van der Waals surface area contributed by atoms with E-state index in [4.69, 9.17) is 9.47 Å². The number of carbonyl (C=O) groups excluding carboxylic acids is 1. The number of rotatable bonds is 3. The Hall–Kier alpha value is -1.40. The molecule has 1 aromatic heterocycles. The average Bonchev–Trinajstić information content (AvgIpc) is 2.92. The van der Waals surface area contributed by atoms with Crippen LogP contribution >= 0.6 is 27.3 Å². The van der Waals surface area contributed by atoms with E-state index in [1.165, 1.54) is 11.3 Å². The molecule has 6 heteroatoms. The number of fused-ring (bicyclic) bond motifs is 1. The molecule has 0 atom stereocenters. The lowest BCUT2D eigenvalue weighted by molar-refractivity contribution is 0.0976. The Balaban J connectivity index is 2.10. The van der Waals surface area contributed by atoms with Crippen LogP contribution in [-0.4, -0.2) is 25.0 Å².